The van der Waals surface area contributed by atoms with E-state index < -0.39 is 0 Å². The van der Waals surface area contributed by atoms with Crippen molar-refractivity contribution in [2.24, 2.45) is 10.9 Å². The average Bonchev–Trinajstić information content (AvgIpc) is 2.53. The smallest absolute Gasteiger partial charge is 0.310 e. The molecule has 0 saturated heterocycles. The number of hydrogen-bond acceptors (Lipinski definition) is 4. The molecule has 2 unspecified atom stereocenters. The molecule has 1 aromatic carbocycles. The number of nitrogens with zero attached hydrogens (tertiary/aromatic N) is 1. The van der Waals surface area contributed by atoms with Crippen LogP contribution in [0.4, 0.5) is 0 Å². The molecule has 0 amide bonds. The fraction of sp³-hybridized carbons (Fsp3) is 0.529. The highest BCUT2D eigenvalue weighted by atomic mass is 127. The number of rotatable bonds is 7. The number of aryl methyl sites for hydroxylation is 1. The molecule has 1 rings (SSSR count). The number of carbonyl (C=O) groups excluding carboxylic acids is 1. The second-order valence-corrected chi connectivity index (χ2v) is 5.50. The minimum absolute atomic E-state index is 0. The van der Waals surface area contributed by atoms with E-state index in [9.17, 15) is 4.79 Å². The highest BCUT2D eigenvalue weighted by Gasteiger charge is 2.13. The van der Waals surface area contributed by atoms with Crippen LogP contribution < -0.4 is 15.4 Å². The molecule has 0 aromatic heterocycles. The molecule has 0 aliphatic carbocycles. The van der Waals surface area contributed by atoms with E-state index in [1.54, 1.807) is 14.0 Å². The van der Waals surface area contributed by atoms with Crippen molar-refractivity contribution in [3.8, 4) is 5.75 Å². The third-order valence-corrected chi connectivity index (χ3v) is 3.29. The van der Waals surface area contributed by atoms with Crippen LogP contribution in [0, 0.1) is 12.8 Å². The highest BCUT2D eigenvalue weighted by Crippen LogP contribution is 2.13. The summed E-state index contributed by atoms with van der Waals surface area (Å²) in [6.45, 7) is 6.87. The molecule has 7 heteroatoms. The first-order valence-corrected chi connectivity index (χ1v) is 7.72. The normalized spacial score (nSPS) is 13.3. The molecule has 0 saturated carbocycles. The first-order valence-electron chi connectivity index (χ1n) is 7.72. The summed E-state index contributed by atoms with van der Waals surface area (Å²) in [5, 5.41) is 6.27. The Morgan fingerprint density at radius 3 is 2.50 bits per heavy atom. The van der Waals surface area contributed by atoms with Crippen molar-refractivity contribution in [2.75, 3.05) is 27.2 Å². The SMILES string of the molecule is CN=C(NCC(C)Oc1cccc(C)c1)NCC(C)C(=O)OC.I. The molecule has 0 radical (unpaired) electrons. The monoisotopic (exact) mass is 449 g/mol. The molecule has 1 aromatic rings. The molecule has 0 spiro atoms. The van der Waals surface area contributed by atoms with Crippen LogP contribution in [0.15, 0.2) is 29.3 Å². The number of halogens is 1. The molecule has 136 valence electrons. The molecule has 6 nitrogen and oxygen atoms in total. The molecule has 0 heterocycles. The van der Waals surface area contributed by atoms with Crippen LogP contribution in [0.3, 0.4) is 0 Å². The van der Waals surface area contributed by atoms with Gasteiger partial charge in [0.05, 0.1) is 19.6 Å². The van der Waals surface area contributed by atoms with E-state index in [0.717, 1.165) is 11.3 Å². The number of aliphatic imine (C=N–C) groups is 1. The van der Waals surface area contributed by atoms with E-state index in [1.807, 2.05) is 38.1 Å². The van der Waals surface area contributed by atoms with Crippen molar-refractivity contribution in [3.63, 3.8) is 0 Å². The Balaban J connectivity index is 0.00000529. The second-order valence-electron chi connectivity index (χ2n) is 5.50. The summed E-state index contributed by atoms with van der Waals surface area (Å²) in [7, 11) is 3.07. The van der Waals surface area contributed by atoms with Crippen LogP contribution in [0.5, 0.6) is 5.75 Å². The Hall–Kier alpha value is -1.51. The van der Waals surface area contributed by atoms with Gasteiger partial charge in [0.25, 0.3) is 0 Å². The van der Waals surface area contributed by atoms with Gasteiger partial charge in [-0.15, -0.1) is 24.0 Å². The lowest BCUT2D eigenvalue weighted by Gasteiger charge is -2.19. The minimum atomic E-state index is -0.246. The first-order chi connectivity index (χ1) is 11.0. The van der Waals surface area contributed by atoms with Gasteiger partial charge < -0.3 is 20.1 Å². The summed E-state index contributed by atoms with van der Waals surface area (Å²) in [4.78, 5) is 15.5. The van der Waals surface area contributed by atoms with Crippen LogP contribution >= 0.6 is 24.0 Å². The standard InChI is InChI=1S/C17H27N3O3.HI/c1-12-7-6-8-15(9-12)23-14(3)11-20-17(18-4)19-10-13(2)16(21)22-5;/h6-9,13-14H,10-11H2,1-5H3,(H2,18,19,20);1H. The minimum Gasteiger partial charge on any atom is -0.489 e. The Labute approximate surface area is 161 Å². The van der Waals surface area contributed by atoms with Crippen molar-refractivity contribution in [2.45, 2.75) is 26.9 Å². The lowest BCUT2D eigenvalue weighted by molar-refractivity contribution is -0.144. The zero-order chi connectivity index (χ0) is 17.2. The maximum absolute atomic E-state index is 11.4. The topological polar surface area (TPSA) is 72.0 Å². The van der Waals surface area contributed by atoms with E-state index in [0.29, 0.717) is 19.0 Å². The molecule has 0 aliphatic rings. The van der Waals surface area contributed by atoms with E-state index in [1.165, 1.54) is 7.11 Å². The van der Waals surface area contributed by atoms with Gasteiger partial charge in [-0.25, -0.2) is 0 Å². The maximum Gasteiger partial charge on any atom is 0.310 e. The van der Waals surface area contributed by atoms with Gasteiger partial charge in [-0.2, -0.15) is 0 Å². The summed E-state index contributed by atoms with van der Waals surface area (Å²) in [5.41, 5.74) is 1.16. The number of guanidine groups is 1. The molecule has 24 heavy (non-hydrogen) atoms. The predicted octanol–water partition coefficient (Wildman–Crippen LogP) is 2.35. The maximum atomic E-state index is 11.4. The van der Waals surface area contributed by atoms with Crippen LogP contribution in [0.1, 0.15) is 19.4 Å². The molecule has 2 N–H and O–H groups in total. The molecular weight excluding hydrogens is 421 g/mol. The van der Waals surface area contributed by atoms with Crippen LogP contribution in [-0.2, 0) is 9.53 Å². The van der Waals surface area contributed by atoms with Crippen molar-refractivity contribution in [3.05, 3.63) is 29.8 Å². The number of carbonyl (C=O) groups is 1. The molecule has 0 aliphatic heterocycles. The summed E-state index contributed by atoms with van der Waals surface area (Å²) in [6.07, 6.45) is -0.0200. The number of esters is 1. The fourth-order valence-corrected chi connectivity index (χ4v) is 1.96. The van der Waals surface area contributed by atoms with Gasteiger partial charge in [-0.05, 0) is 31.5 Å². The van der Waals surface area contributed by atoms with E-state index >= 15 is 0 Å². The lowest BCUT2D eigenvalue weighted by Crippen LogP contribution is -2.44. The van der Waals surface area contributed by atoms with E-state index in [4.69, 9.17) is 9.47 Å². The number of hydrogen-bond donors (Lipinski definition) is 2. The zero-order valence-corrected chi connectivity index (χ0v) is 17.3. The van der Waals surface area contributed by atoms with Gasteiger partial charge in [-0.1, -0.05) is 19.1 Å². The van der Waals surface area contributed by atoms with Gasteiger partial charge >= 0.3 is 5.97 Å². The van der Waals surface area contributed by atoms with Crippen LogP contribution in [0.25, 0.3) is 0 Å². The van der Waals surface area contributed by atoms with Gasteiger partial charge in [0, 0.05) is 13.6 Å². The summed E-state index contributed by atoms with van der Waals surface area (Å²) in [5.74, 6) is 0.991. The number of benzene rings is 1. The zero-order valence-electron chi connectivity index (χ0n) is 15.0. The number of nitrogens with one attached hydrogen (secondary N) is 2. The first kappa shape index (κ1) is 22.5. The van der Waals surface area contributed by atoms with Gasteiger partial charge in [0.1, 0.15) is 11.9 Å². The van der Waals surface area contributed by atoms with Gasteiger partial charge in [0.15, 0.2) is 5.96 Å². The van der Waals surface area contributed by atoms with E-state index in [-0.39, 0.29) is 42.0 Å². The van der Waals surface area contributed by atoms with Crippen molar-refractivity contribution in [1.29, 1.82) is 0 Å². The van der Waals surface area contributed by atoms with Crippen molar-refractivity contribution < 1.29 is 14.3 Å². The third kappa shape index (κ3) is 8.37. The fourth-order valence-electron chi connectivity index (χ4n) is 1.96. The molecule has 0 bridgehead atoms. The Morgan fingerprint density at radius 1 is 1.25 bits per heavy atom. The Bertz CT molecular complexity index is 538. The molecule has 2 atom stereocenters. The summed E-state index contributed by atoms with van der Waals surface area (Å²) in [6, 6.07) is 7.94. The van der Waals surface area contributed by atoms with Crippen molar-refractivity contribution in [1.82, 2.24) is 10.6 Å². The number of ether oxygens (including phenoxy) is 2. The predicted molar refractivity (Wildman–Crippen MR) is 107 cm³/mol. The summed E-state index contributed by atoms with van der Waals surface area (Å²) < 4.78 is 10.5. The van der Waals surface area contributed by atoms with Crippen LogP contribution in [0.2, 0.25) is 0 Å². The quantitative estimate of drug-likeness (QED) is 0.290. The summed E-state index contributed by atoms with van der Waals surface area (Å²) >= 11 is 0. The largest absolute Gasteiger partial charge is 0.489 e. The van der Waals surface area contributed by atoms with E-state index in [2.05, 4.69) is 15.6 Å². The van der Waals surface area contributed by atoms with Gasteiger partial charge in [0.2, 0.25) is 0 Å². The van der Waals surface area contributed by atoms with Crippen LogP contribution in [-0.4, -0.2) is 45.3 Å². The third-order valence-electron chi connectivity index (χ3n) is 3.29. The molecular formula is C17H28IN3O3. The highest BCUT2D eigenvalue weighted by molar-refractivity contribution is 14.0. The number of methoxy groups -OCH3 is 1. The van der Waals surface area contributed by atoms with Gasteiger partial charge in [-0.3, -0.25) is 9.79 Å². The molecule has 0 fully saturated rings. The van der Waals surface area contributed by atoms with Crippen molar-refractivity contribution >= 4 is 35.9 Å². The Morgan fingerprint density at radius 2 is 1.92 bits per heavy atom. The Kier molecular flexibility index (Phi) is 11.2. The second kappa shape index (κ2) is 11.9. The lowest BCUT2D eigenvalue weighted by atomic mass is 10.2. The average molecular weight is 449 g/mol.